The van der Waals surface area contributed by atoms with Crippen LogP contribution in [0.3, 0.4) is 0 Å². The van der Waals surface area contributed by atoms with Crippen LogP contribution in [-0.4, -0.2) is 47.8 Å². The minimum Gasteiger partial charge on any atom is -0.478 e. The maximum atomic E-state index is 10.9. The summed E-state index contributed by atoms with van der Waals surface area (Å²) in [6, 6.07) is 5.66. The molecule has 2 unspecified atom stereocenters. The van der Waals surface area contributed by atoms with E-state index >= 15 is 0 Å². The average molecular weight is 268 g/mol. The van der Waals surface area contributed by atoms with Crippen molar-refractivity contribution in [2.75, 3.05) is 6.61 Å². The minimum atomic E-state index is -1.48. The molecule has 0 aromatic heterocycles. The Labute approximate surface area is 108 Å². The summed E-state index contributed by atoms with van der Waals surface area (Å²) in [7, 11) is 0. The lowest BCUT2D eigenvalue weighted by atomic mass is 10.2. The molecule has 102 valence electrons. The smallest absolute Gasteiger partial charge is 0.339 e. The first-order valence-electron chi connectivity index (χ1n) is 5.28. The summed E-state index contributed by atoms with van der Waals surface area (Å²) in [6.07, 6.45) is -2.14. The first kappa shape index (κ1) is 14.8. The van der Waals surface area contributed by atoms with Crippen LogP contribution in [0.2, 0.25) is 0 Å². The highest BCUT2D eigenvalue weighted by molar-refractivity contribution is 5.90. The van der Waals surface area contributed by atoms with Gasteiger partial charge in [-0.3, -0.25) is 4.79 Å². The van der Waals surface area contributed by atoms with E-state index in [1.54, 1.807) is 0 Å². The van der Waals surface area contributed by atoms with Crippen LogP contribution in [0.25, 0.3) is 0 Å². The van der Waals surface area contributed by atoms with Crippen LogP contribution in [0.4, 0.5) is 0 Å². The minimum absolute atomic E-state index is 0.0744. The van der Waals surface area contributed by atoms with Gasteiger partial charge in [0.1, 0.15) is 17.4 Å². The molecule has 0 fully saturated rings. The molecule has 0 amide bonds. The molecular weight excluding hydrogens is 256 g/mol. The van der Waals surface area contributed by atoms with Crippen LogP contribution in [0, 0.1) is 0 Å². The zero-order chi connectivity index (χ0) is 14.3. The highest BCUT2D eigenvalue weighted by Gasteiger charge is 2.19. The van der Waals surface area contributed by atoms with Crippen molar-refractivity contribution in [2.24, 2.45) is 0 Å². The standard InChI is InChI=1S/C12H12O7/c13-5-8(6-14)18-11(7-15)19-10-4-2-1-3-9(10)12(16)17/h1-5,7-8,11,14H,6H2,(H,16,17). The van der Waals surface area contributed by atoms with E-state index in [1.807, 2.05) is 0 Å². The topological polar surface area (TPSA) is 110 Å². The largest absolute Gasteiger partial charge is 0.478 e. The molecule has 2 N–H and O–H groups in total. The normalized spacial score (nSPS) is 13.3. The van der Waals surface area contributed by atoms with Gasteiger partial charge in [0, 0.05) is 0 Å². The molecule has 0 saturated heterocycles. The number of benzene rings is 1. The Balaban J connectivity index is 2.84. The lowest BCUT2D eigenvalue weighted by Crippen LogP contribution is -2.31. The Hall–Kier alpha value is -2.25. The maximum absolute atomic E-state index is 10.9. The number of carbonyl (C=O) groups excluding carboxylic acids is 2. The van der Waals surface area contributed by atoms with Gasteiger partial charge in [0.15, 0.2) is 12.6 Å². The summed E-state index contributed by atoms with van der Waals surface area (Å²) in [6.45, 7) is -0.613. The number of ether oxygens (including phenoxy) is 2. The number of para-hydroxylation sites is 1. The van der Waals surface area contributed by atoms with Crippen molar-refractivity contribution in [3.05, 3.63) is 29.8 Å². The number of hydrogen-bond acceptors (Lipinski definition) is 6. The van der Waals surface area contributed by atoms with Gasteiger partial charge in [0.25, 0.3) is 6.29 Å². The van der Waals surface area contributed by atoms with Crippen molar-refractivity contribution < 1.29 is 34.1 Å². The van der Waals surface area contributed by atoms with Gasteiger partial charge in [-0.15, -0.1) is 0 Å². The Bertz CT molecular complexity index is 457. The molecule has 0 aliphatic rings. The van der Waals surface area contributed by atoms with Gasteiger partial charge in [0.05, 0.1) is 6.61 Å². The second-order valence-electron chi connectivity index (χ2n) is 3.42. The molecule has 0 spiro atoms. The summed E-state index contributed by atoms with van der Waals surface area (Å²) in [5.41, 5.74) is -0.149. The van der Waals surface area contributed by atoms with E-state index in [0.29, 0.717) is 6.29 Å². The van der Waals surface area contributed by atoms with Crippen LogP contribution < -0.4 is 4.74 Å². The van der Waals surface area contributed by atoms with Crippen LogP contribution in [0.1, 0.15) is 10.4 Å². The lowest BCUT2D eigenvalue weighted by molar-refractivity contribution is -0.155. The van der Waals surface area contributed by atoms with Crippen LogP contribution in [0.15, 0.2) is 24.3 Å². The molecule has 0 aliphatic carbocycles. The third-order valence-corrected chi connectivity index (χ3v) is 2.11. The monoisotopic (exact) mass is 268 g/mol. The molecule has 7 heteroatoms. The van der Waals surface area contributed by atoms with Gasteiger partial charge in [-0.05, 0) is 12.1 Å². The van der Waals surface area contributed by atoms with E-state index in [4.69, 9.17) is 19.7 Å². The predicted octanol–water partition coefficient (Wildman–Crippen LogP) is -0.135. The van der Waals surface area contributed by atoms with E-state index in [1.165, 1.54) is 24.3 Å². The molecule has 0 saturated carbocycles. The van der Waals surface area contributed by atoms with Crippen molar-refractivity contribution in [3.8, 4) is 5.75 Å². The molecule has 7 nitrogen and oxygen atoms in total. The van der Waals surface area contributed by atoms with Gasteiger partial charge in [0.2, 0.25) is 0 Å². The number of carboxylic acid groups (broad SMARTS) is 1. The maximum Gasteiger partial charge on any atom is 0.339 e. The van der Waals surface area contributed by atoms with Gasteiger partial charge < -0.3 is 24.5 Å². The van der Waals surface area contributed by atoms with E-state index < -0.39 is 25.0 Å². The summed E-state index contributed by atoms with van der Waals surface area (Å²) in [5.74, 6) is -1.30. The average Bonchev–Trinajstić information content (AvgIpc) is 2.43. The molecule has 19 heavy (non-hydrogen) atoms. The third-order valence-electron chi connectivity index (χ3n) is 2.11. The molecule has 0 aliphatic heterocycles. The Kier molecular flexibility index (Phi) is 5.65. The molecule has 2 atom stereocenters. The Morgan fingerprint density at radius 2 is 1.95 bits per heavy atom. The number of aldehydes is 2. The fraction of sp³-hybridized carbons (Fsp3) is 0.250. The molecule has 0 heterocycles. The van der Waals surface area contributed by atoms with Crippen molar-refractivity contribution >= 4 is 18.5 Å². The first-order valence-corrected chi connectivity index (χ1v) is 5.28. The summed E-state index contributed by atoms with van der Waals surface area (Å²) in [5, 5.41) is 17.7. The van der Waals surface area contributed by atoms with Gasteiger partial charge in [-0.2, -0.15) is 0 Å². The fourth-order valence-corrected chi connectivity index (χ4v) is 1.25. The van der Waals surface area contributed by atoms with E-state index in [2.05, 4.69) is 0 Å². The number of rotatable bonds is 8. The van der Waals surface area contributed by atoms with E-state index in [9.17, 15) is 14.4 Å². The molecule has 0 radical (unpaired) electrons. The molecular formula is C12H12O7. The molecule has 0 bridgehead atoms. The van der Waals surface area contributed by atoms with Crippen molar-refractivity contribution in [1.29, 1.82) is 0 Å². The van der Waals surface area contributed by atoms with Gasteiger partial charge in [-0.1, -0.05) is 12.1 Å². The predicted molar refractivity (Wildman–Crippen MR) is 61.9 cm³/mol. The lowest BCUT2D eigenvalue weighted by Gasteiger charge is -2.18. The Morgan fingerprint density at radius 1 is 1.26 bits per heavy atom. The van der Waals surface area contributed by atoms with Gasteiger partial charge in [-0.25, -0.2) is 4.79 Å². The highest BCUT2D eigenvalue weighted by atomic mass is 16.7. The zero-order valence-corrected chi connectivity index (χ0v) is 9.76. The Morgan fingerprint density at radius 3 is 2.47 bits per heavy atom. The number of carbonyl (C=O) groups is 3. The SMILES string of the molecule is O=CC(CO)OC(C=O)Oc1ccccc1C(=O)O. The quantitative estimate of drug-likeness (QED) is 0.499. The summed E-state index contributed by atoms with van der Waals surface area (Å²) < 4.78 is 9.88. The number of hydrogen-bond donors (Lipinski definition) is 2. The summed E-state index contributed by atoms with van der Waals surface area (Å²) in [4.78, 5) is 32.1. The van der Waals surface area contributed by atoms with Gasteiger partial charge >= 0.3 is 5.97 Å². The summed E-state index contributed by atoms with van der Waals surface area (Å²) >= 11 is 0. The fourth-order valence-electron chi connectivity index (χ4n) is 1.25. The highest BCUT2D eigenvalue weighted by Crippen LogP contribution is 2.19. The van der Waals surface area contributed by atoms with Crippen molar-refractivity contribution in [2.45, 2.75) is 12.4 Å². The molecule has 1 aromatic rings. The van der Waals surface area contributed by atoms with Crippen LogP contribution >= 0.6 is 0 Å². The second-order valence-corrected chi connectivity index (χ2v) is 3.42. The van der Waals surface area contributed by atoms with Crippen LogP contribution in [0.5, 0.6) is 5.75 Å². The van der Waals surface area contributed by atoms with Crippen LogP contribution in [-0.2, 0) is 14.3 Å². The molecule has 1 aromatic carbocycles. The third kappa shape index (κ3) is 4.16. The molecule has 1 rings (SSSR count). The zero-order valence-electron chi connectivity index (χ0n) is 9.76. The van der Waals surface area contributed by atoms with E-state index in [0.717, 1.165) is 0 Å². The van der Waals surface area contributed by atoms with Crippen molar-refractivity contribution in [1.82, 2.24) is 0 Å². The van der Waals surface area contributed by atoms with E-state index in [-0.39, 0.29) is 17.6 Å². The first-order chi connectivity index (χ1) is 9.12. The number of carboxylic acids is 1. The number of aliphatic hydroxyl groups excluding tert-OH is 1. The second kappa shape index (κ2) is 7.24. The number of aliphatic hydroxyl groups is 1. The van der Waals surface area contributed by atoms with Crippen molar-refractivity contribution in [3.63, 3.8) is 0 Å². The number of aromatic carboxylic acids is 1.